The van der Waals surface area contributed by atoms with Crippen LogP contribution in [0.4, 0.5) is 0 Å². The van der Waals surface area contributed by atoms with Gasteiger partial charge in [-0.2, -0.15) is 0 Å². The van der Waals surface area contributed by atoms with E-state index in [0.29, 0.717) is 37.0 Å². The summed E-state index contributed by atoms with van der Waals surface area (Å²) < 4.78 is 23.9. The number of ether oxygens (including phenoxy) is 4. The number of cyclic esters (lactones) is 2. The van der Waals surface area contributed by atoms with Crippen molar-refractivity contribution in [3.8, 4) is 0 Å². The fourth-order valence-corrected chi connectivity index (χ4v) is 7.87. The predicted molar refractivity (Wildman–Crippen MR) is 182 cm³/mol. The number of rotatable bonds is 11. The van der Waals surface area contributed by atoms with E-state index in [1.165, 1.54) is 11.6 Å². The van der Waals surface area contributed by atoms with E-state index in [-0.39, 0.29) is 41.6 Å². The Morgan fingerprint density at radius 3 is 1.88 bits per heavy atom. The Labute approximate surface area is 285 Å². The Morgan fingerprint density at radius 1 is 0.792 bits per heavy atom. The minimum Gasteiger partial charge on any atom is -0.483 e. The van der Waals surface area contributed by atoms with E-state index in [2.05, 4.69) is 13.0 Å². The molecule has 48 heavy (non-hydrogen) atoms. The number of ketones is 2. The van der Waals surface area contributed by atoms with Crippen molar-refractivity contribution in [1.82, 2.24) is 0 Å². The number of hydrogen-bond donors (Lipinski definition) is 0. The fourth-order valence-electron chi connectivity index (χ4n) is 7.87. The molecule has 4 aliphatic heterocycles. The van der Waals surface area contributed by atoms with Gasteiger partial charge in [0.05, 0.1) is 11.0 Å². The maximum Gasteiger partial charge on any atom is 0.331 e. The summed E-state index contributed by atoms with van der Waals surface area (Å²) >= 11 is 0. The van der Waals surface area contributed by atoms with Gasteiger partial charge in [0.25, 0.3) is 0 Å². The van der Waals surface area contributed by atoms with Gasteiger partial charge in [0, 0.05) is 37.0 Å². The molecule has 5 aliphatic rings. The van der Waals surface area contributed by atoms with E-state index < -0.39 is 16.6 Å². The van der Waals surface area contributed by atoms with Gasteiger partial charge in [0.15, 0.2) is 11.2 Å². The Balaban J connectivity index is 1.36. The van der Waals surface area contributed by atoms with Crippen LogP contribution >= 0.6 is 0 Å². The molecule has 0 aromatic rings. The smallest absolute Gasteiger partial charge is 0.331 e. The highest BCUT2D eigenvalue weighted by Crippen LogP contribution is 2.58. The Morgan fingerprint density at radius 2 is 1.35 bits per heavy atom. The van der Waals surface area contributed by atoms with E-state index in [1.807, 2.05) is 40.7 Å². The van der Waals surface area contributed by atoms with Crippen LogP contribution in [-0.2, 0) is 38.1 Å². The summed E-state index contributed by atoms with van der Waals surface area (Å²) in [7, 11) is 0. The third-order valence-corrected chi connectivity index (χ3v) is 10.4. The third kappa shape index (κ3) is 7.63. The zero-order valence-corrected chi connectivity index (χ0v) is 30.0. The summed E-state index contributed by atoms with van der Waals surface area (Å²) in [6, 6.07) is 0. The zero-order chi connectivity index (χ0) is 35.0. The summed E-state index contributed by atoms with van der Waals surface area (Å²) in [5, 5.41) is 0. The Hall–Kier alpha value is -3.68. The van der Waals surface area contributed by atoms with Gasteiger partial charge < -0.3 is 18.9 Å². The van der Waals surface area contributed by atoms with Gasteiger partial charge in [-0.25, -0.2) is 9.59 Å². The predicted octanol–water partition coefficient (Wildman–Crippen LogP) is 8.03. The lowest BCUT2D eigenvalue weighted by Crippen LogP contribution is -2.39. The van der Waals surface area contributed by atoms with Crippen molar-refractivity contribution >= 4 is 23.5 Å². The zero-order valence-electron chi connectivity index (χ0n) is 30.0. The molecule has 0 radical (unpaired) electrons. The number of carbonyl (C=O) groups excluding carboxylic acids is 4. The molecule has 0 N–H and O–H groups in total. The van der Waals surface area contributed by atoms with Gasteiger partial charge in [-0.05, 0) is 119 Å². The number of carbonyl (C=O) groups is 4. The highest BCUT2D eigenvalue weighted by Gasteiger charge is 2.58. The lowest BCUT2D eigenvalue weighted by molar-refractivity contribution is -0.143. The molecule has 1 aliphatic carbocycles. The molecule has 0 spiro atoms. The number of hydrogen-bond acceptors (Lipinski definition) is 8. The molecule has 0 unspecified atom stereocenters. The highest BCUT2D eigenvalue weighted by atomic mass is 16.5. The number of allylic oxidation sites excluding steroid dienone is 4. The Bertz CT molecular complexity index is 1560. The largest absolute Gasteiger partial charge is 0.483 e. The second-order valence-electron chi connectivity index (χ2n) is 15.6. The number of esters is 2. The highest BCUT2D eigenvalue weighted by molar-refractivity contribution is 6.06. The molecule has 5 rings (SSSR count). The van der Waals surface area contributed by atoms with Crippen LogP contribution in [0.25, 0.3) is 0 Å². The van der Waals surface area contributed by atoms with Crippen LogP contribution in [0.5, 0.6) is 0 Å². The van der Waals surface area contributed by atoms with Crippen molar-refractivity contribution in [2.45, 2.75) is 143 Å². The first-order valence-corrected chi connectivity index (χ1v) is 17.5. The molecular formula is C40H52O8. The van der Waals surface area contributed by atoms with Gasteiger partial charge >= 0.3 is 11.9 Å². The second kappa shape index (κ2) is 13.7. The quantitative estimate of drug-likeness (QED) is 0.162. The summed E-state index contributed by atoms with van der Waals surface area (Å²) in [6.07, 6.45) is 15.9. The molecule has 8 nitrogen and oxygen atoms in total. The molecule has 260 valence electrons. The van der Waals surface area contributed by atoms with Crippen molar-refractivity contribution in [3.63, 3.8) is 0 Å². The summed E-state index contributed by atoms with van der Waals surface area (Å²) in [5.74, 6) is 0.680. The van der Waals surface area contributed by atoms with Crippen LogP contribution in [0.15, 0.2) is 69.8 Å². The monoisotopic (exact) mass is 660 g/mol. The van der Waals surface area contributed by atoms with Crippen LogP contribution in [0.3, 0.4) is 0 Å². The molecule has 0 fully saturated rings. The maximum absolute atomic E-state index is 14.2. The molecule has 0 saturated heterocycles. The molecule has 4 atom stereocenters. The average molecular weight is 661 g/mol. The van der Waals surface area contributed by atoms with Crippen LogP contribution < -0.4 is 0 Å². The molecule has 0 aromatic carbocycles. The van der Waals surface area contributed by atoms with Crippen LogP contribution in [0, 0.1) is 11.3 Å². The molecule has 0 saturated carbocycles. The normalized spacial score (nSPS) is 30.2. The topological polar surface area (TPSA) is 105 Å². The molecule has 0 aromatic heterocycles. The molecule has 0 bridgehead atoms. The first-order valence-electron chi connectivity index (χ1n) is 17.5. The van der Waals surface area contributed by atoms with Crippen molar-refractivity contribution in [2.75, 3.05) is 0 Å². The van der Waals surface area contributed by atoms with Crippen molar-refractivity contribution < 1.29 is 38.1 Å². The summed E-state index contributed by atoms with van der Waals surface area (Å²) in [5.41, 5.74) is 2.24. The van der Waals surface area contributed by atoms with Gasteiger partial charge in [-0.1, -0.05) is 22.3 Å². The van der Waals surface area contributed by atoms with Crippen LogP contribution in [0.1, 0.15) is 120 Å². The van der Waals surface area contributed by atoms with Gasteiger partial charge in [-0.15, -0.1) is 0 Å². The van der Waals surface area contributed by atoms with E-state index >= 15 is 0 Å². The lowest BCUT2D eigenvalue weighted by atomic mass is 9.63. The van der Waals surface area contributed by atoms with Gasteiger partial charge in [0.2, 0.25) is 11.6 Å². The van der Waals surface area contributed by atoms with Crippen molar-refractivity contribution in [1.29, 1.82) is 0 Å². The molecular weight excluding hydrogens is 608 g/mol. The molecule has 8 heteroatoms. The second-order valence-corrected chi connectivity index (χ2v) is 15.6. The van der Waals surface area contributed by atoms with E-state index in [4.69, 9.17) is 18.9 Å². The molecule has 0 amide bonds. The average Bonchev–Trinajstić information content (AvgIpc) is 3.38. The first-order chi connectivity index (χ1) is 22.5. The summed E-state index contributed by atoms with van der Waals surface area (Å²) in [4.78, 5) is 51.1. The molecule has 4 heterocycles. The minimum atomic E-state index is -1.00. The number of Topliss-reactive ketones (excluding diaryl/α,β-unsaturated/α-hetero) is 1. The van der Waals surface area contributed by atoms with E-state index in [0.717, 1.165) is 61.0 Å². The Kier molecular flexibility index (Phi) is 10.1. The third-order valence-electron chi connectivity index (χ3n) is 10.4. The van der Waals surface area contributed by atoms with Gasteiger partial charge in [-0.3, -0.25) is 9.59 Å². The first kappa shape index (κ1) is 35.6. The lowest BCUT2D eigenvalue weighted by Gasteiger charge is -2.41. The SMILES string of the molecule is CC1=CC(=O)O[C@H](/C=C(\C)CCC[C@H]2CC[C@](CCC/C(C)=C/[C@@H]3CC(C)=CC(=O)O3)(C3=CC(=O)C(C)(C)O3)C3=C2OC(C)(C)C3=O)C1. The summed E-state index contributed by atoms with van der Waals surface area (Å²) in [6.45, 7) is 15.2. The van der Waals surface area contributed by atoms with Gasteiger partial charge in [0.1, 0.15) is 23.7 Å². The van der Waals surface area contributed by atoms with E-state index in [9.17, 15) is 19.2 Å². The maximum atomic E-state index is 14.2. The van der Waals surface area contributed by atoms with Crippen LogP contribution in [-0.4, -0.2) is 46.9 Å². The van der Waals surface area contributed by atoms with Crippen molar-refractivity contribution in [2.24, 2.45) is 11.3 Å². The minimum absolute atomic E-state index is 0.0360. The van der Waals surface area contributed by atoms with Crippen LogP contribution in [0.2, 0.25) is 0 Å². The fraction of sp³-hybridized carbons (Fsp3) is 0.600. The van der Waals surface area contributed by atoms with Crippen molar-refractivity contribution in [3.05, 3.63) is 69.8 Å². The van der Waals surface area contributed by atoms with E-state index in [1.54, 1.807) is 26.0 Å². The standard InChI is InChI=1S/C40H52O8/c1-24(17-29-19-26(3)21-33(42)45-29)11-9-13-28-14-16-40(32-23-31(41)38(5,6)47-32,35-36(28)48-39(7,8)37(35)44)15-10-12-25(2)18-30-20-27(4)22-34(43)46-30/h17-18,21-23,28-30H,9-16,19-20H2,1-8H3/b24-17+,25-18+/t28-,29+,30+,40+/m0/s1.